The molecule has 0 fully saturated rings. The zero-order chi connectivity index (χ0) is 18.6. The molecular weight excluding hydrogens is 314 g/mol. The molecule has 0 heterocycles. The number of anilines is 1. The lowest BCUT2D eigenvalue weighted by atomic mass is 9.98. The summed E-state index contributed by atoms with van der Waals surface area (Å²) in [5.41, 5.74) is 3.68. The molecule has 1 amide bonds. The zero-order valence-electron chi connectivity index (χ0n) is 15.4. The lowest BCUT2D eigenvalue weighted by molar-refractivity contribution is -0.122. The van der Waals surface area contributed by atoms with Crippen LogP contribution in [0.25, 0.3) is 0 Å². The Balaban J connectivity index is 2.00. The number of aryl methyl sites for hydroxylation is 1. The first-order chi connectivity index (χ1) is 11.8. The Kier molecular flexibility index (Phi) is 5.97. The highest BCUT2D eigenvalue weighted by Gasteiger charge is 2.16. The molecule has 0 saturated heterocycles. The minimum absolute atomic E-state index is 0.00482. The number of nitrogens with one attached hydrogen (secondary N) is 1. The summed E-state index contributed by atoms with van der Waals surface area (Å²) in [6, 6.07) is 12.7. The third-order valence-electron chi connectivity index (χ3n) is 4.10. The van der Waals surface area contributed by atoms with Crippen LogP contribution in [-0.2, 0) is 4.79 Å². The third-order valence-corrected chi connectivity index (χ3v) is 4.10. The smallest absolute Gasteiger partial charge is 0.265 e. The summed E-state index contributed by atoms with van der Waals surface area (Å²) in [7, 11) is 0. The highest BCUT2D eigenvalue weighted by Crippen LogP contribution is 2.24. The maximum Gasteiger partial charge on any atom is 0.265 e. The number of hydrogen-bond acceptors (Lipinski definition) is 3. The summed E-state index contributed by atoms with van der Waals surface area (Å²) in [6.07, 6.45) is -0.628. The van der Waals surface area contributed by atoms with Gasteiger partial charge in [0, 0.05) is 11.3 Å². The average molecular weight is 339 g/mol. The van der Waals surface area contributed by atoms with Crippen LogP contribution in [0.15, 0.2) is 42.5 Å². The highest BCUT2D eigenvalue weighted by atomic mass is 16.5. The predicted octanol–water partition coefficient (Wildman–Crippen LogP) is 4.73. The van der Waals surface area contributed by atoms with Crippen LogP contribution in [0.5, 0.6) is 5.75 Å². The van der Waals surface area contributed by atoms with Crippen molar-refractivity contribution in [2.24, 2.45) is 0 Å². The van der Waals surface area contributed by atoms with Crippen LogP contribution in [0.4, 0.5) is 5.69 Å². The van der Waals surface area contributed by atoms with Crippen LogP contribution in [0.2, 0.25) is 0 Å². The first kappa shape index (κ1) is 18.7. The van der Waals surface area contributed by atoms with Gasteiger partial charge in [0.15, 0.2) is 11.9 Å². The molecule has 2 aromatic rings. The maximum atomic E-state index is 12.3. The minimum atomic E-state index is -0.628. The molecule has 0 bridgehead atoms. The van der Waals surface area contributed by atoms with E-state index < -0.39 is 6.10 Å². The molecule has 0 aliphatic heterocycles. The van der Waals surface area contributed by atoms with Gasteiger partial charge in [-0.2, -0.15) is 0 Å². The van der Waals surface area contributed by atoms with Gasteiger partial charge in [0.2, 0.25) is 0 Å². The van der Waals surface area contributed by atoms with Gasteiger partial charge in [-0.25, -0.2) is 0 Å². The molecule has 0 aliphatic carbocycles. The largest absolute Gasteiger partial charge is 0.481 e. The Bertz CT molecular complexity index is 763. The fraction of sp³-hybridized carbons (Fsp3) is 0.333. The molecule has 4 nitrogen and oxygen atoms in total. The Morgan fingerprint density at radius 1 is 1.00 bits per heavy atom. The van der Waals surface area contributed by atoms with Crippen LogP contribution < -0.4 is 10.1 Å². The Morgan fingerprint density at radius 2 is 1.64 bits per heavy atom. The number of carbonyl (C=O) groups is 2. The van der Waals surface area contributed by atoms with E-state index in [0.29, 0.717) is 22.9 Å². The van der Waals surface area contributed by atoms with Gasteiger partial charge in [-0.05, 0) is 74.2 Å². The van der Waals surface area contributed by atoms with Gasteiger partial charge in [0.25, 0.3) is 5.91 Å². The van der Waals surface area contributed by atoms with Crippen LogP contribution in [0, 0.1) is 6.92 Å². The first-order valence-corrected chi connectivity index (χ1v) is 8.47. The Labute approximate surface area is 149 Å². The molecule has 132 valence electrons. The van der Waals surface area contributed by atoms with Crippen molar-refractivity contribution < 1.29 is 14.3 Å². The van der Waals surface area contributed by atoms with Gasteiger partial charge in [-0.1, -0.05) is 19.9 Å². The summed E-state index contributed by atoms with van der Waals surface area (Å²) < 4.78 is 5.76. The minimum Gasteiger partial charge on any atom is -0.481 e. The van der Waals surface area contributed by atoms with Gasteiger partial charge in [-0.3, -0.25) is 9.59 Å². The molecule has 1 N–H and O–H groups in total. The van der Waals surface area contributed by atoms with E-state index in [4.69, 9.17) is 4.74 Å². The standard InChI is InChI=1S/C21H25NO3/c1-13(2)20-11-10-19(12-14(20)3)25-16(5)21(24)22-18-8-6-17(7-9-18)15(4)23/h6-13,16H,1-5H3,(H,22,24). The Hall–Kier alpha value is -2.62. The first-order valence-electron chi connectivity index (χ1n) is 8.47. The van der Waals surface area contributed by atoms with Crippen molar-refractivity contribution in [1.82, 2.24) is 0 Å². The van der Waals surface area contributed by atoms with Crippen LogP contribution in [0.3, 0.4) is 0 Å². The lowest BCUT2D eigenvalue weighted by Gasteiger charge is -2.17. The molecule has 2 rings (SSSR count). The molecular formula is C21H25NO3. The maximum absolute atomic E-state index is 12.3. The van der Waals surface area contributed by atoms with E-state index in [1.807, 2.05) is 25.1 Å². The topological polar surface area (TPSA) is 55.4 Å². The molecule has 0 aromatic heterocycles. The Morgan fingerprint density at radius 3 is 2.16 bits per heavy atom. The second kappa shape index (κ2) is 7.97. The molecule has 1 unspecified atom stereocenters. The van der Waals surface area contributed by atoms with Gasteiger partial charge < -0.3 is 10.1 Å². The summed E-state index contributed by atoms with van der Waals surface area (Å²) >= 11 is 0. The number of Topliss-reactive ketones (excluding diaryl/α,β-unsaturated/α-hetero) is 1. The SMILES string of the molecule is CC(=O)c1ccc(NC(=O)C(C)Oc2ccc(C(C)C)c(C)c2)cc1. The number of benzene rings is 2. The fourth-order valence-corrected chi connectivity index (χ4v) is 2.66. The van der Waals surface area contributed by atoms with E-state index in [9.17, 15) is 9.59 Å². The van der Waals surface area contributed by atoms with Crippen LogP contribution in [0.1, 0.15) is 55.1 Å². The predicted molar refractivity (Wildman–Crippen MR) is 100 cm³/mol. The molecule has 0 saturated carbocycles. The number of rotatable bonds is 6. The van der Waals surface area contributed by atoms with E-state index in [-0.39, 0.29) is 11.7 Å². The summed E-state index contributed by atoms with van der Waals surface area (Å²) in [5.74, 6) is 0.889. The normalized spacial score (nSPS) is 11.9. The van der Waals surface area contributed by atoms with Crippen LogP contribution in [-0.4, -0.2) is 17.8 Å². The van der Waals surface area contributed by atoms with E-state index in [0.717, 1.165) is 5.56 Å². The van der Waals surface area contributed by atoms with Crippen molar-refractivity contribution in [3.05, 3.63) is 59.2 Å². The second-order valence-corrected chi connectivity index (χ2v) is 6.56. The van der Waals surface area contributed by atoms with Gasteiger partial charge in [0.1, 0.15) is 5.75 Å². The molecule has 0 spiro atoms. The fourth-order valence-electron chi connectivity index (χ4n) is 2.66. The van der Waals surface area contributed by atoms with E-state index in [1.165, 1.54) is 12.5 Å². The molecule has 0 aliphatic rings. The van der Waals surface area contributed by atoms with E-state index >= 15 is 0 Å². The van der Waals surface area contributed by atoms with Crippen molar-refractivity contribution >= 4 is 17.4 Å². The third kappa shape index (κ3) is 4.92. The zero-order valence-corrected chi connectivity index (χ0v) is 15.4. The second-order valence-electron chi connectivity index (χ2n) is 6.56. The monoisotopic (exact) mass is 339 g/mol. The van der Waals surface area contributed by atoms with E-state index in [2.05, 4.69) is 19.2 Å². The van der Waals surface area contributed by atoms with Crippen LogP contribution >= 0.6 is 0 Å². The van der Waals surface area contributed by atoms with Crippen molar-refractivity contribution in [1.29, 1.82) is 0 Å². The summed E-state index contributed by atoms with van der Waals surface area (Å²) in [5, 5.41) is 2.80. The van der Waals surface area contributed by atoms with E-state index in [1.54, 1.807) is 31.2 Å². The highest BCUT2D eigenvalue weighted by molar-refractivity contribution is 5.96. The number of ether oxygens (including phenoxy) is 1. The number of carbonyl (C=O) groups excluding carboxylic acids is 2. The van der Waals surface area contributed by atoms with Gasteiger partial charge >= 0.3 is 0 Å². The molecule has 25 heavy (non-hydrogen) atoms. The van der Waals surface area contributed by atoms with Gasteiger partial charge in [-0.15, -0.1) is 0 Å². The summed E-state index contributed by atoms with van der Waals surface area (Å²) in [6.45, 7) is 9.57. The molecule has 4 heteroatoms. The molecule has 0 radical (unpaired) electrons. The van der Waals surface area contributed by atoms with Crippen molar-refractivity contribution in [2.75, 3.05) is 5.32 Å². The number of ketones is 1. The number of amides is 1. The van der Waals surface area contributed by atoms with Crippen molar-refractivity contribution in [2.45, 2.75) is 46.6 Å². The molecule has 2 aromatic carbocycles. The van der Waals surface area contributed by atoms with Gasteiger partial charge in [0.05, 0.1) is 0 Å². The van der Waals surface area contributed by atoms with Crippen molar-refractivity contribution in [3.8, 4) is 5.75 Å². The molecule has 1 atom stereocenters. The number of hydrogen-bond donors (Lipinski definition) is 1. The quantitative estimate of drug-likeness (QED) is 0.774. The summed E-state index contributed by atoms with van der Waals surface area (Å²) in [4.78, 5) is 23.6. The average Bonchev–Trinajstić information content (AvgIpc) is 2.55. The lowest BCUT2D eigenvalue weighted by Crippen LogP contribution is -2.30. The van der Waals surface area contributed by atoms with Crippen molar-refractivity contribution in [3.63, 3.8) is 0 Å².